The van der Waals surface area contributed by atoms with Crippen molar-refractivity contribution in [3.05, 3.63) is 67.3 Å². The van der Waals surface area contributed by atoms with Crippen LogP contribution < -0.4 is 10.2 Å². The van der Waals surface area contributed by atoms with Crippen LogP contribution in [0.1, 0.15) is 0 Å². The van der Waals surface area contributed by atoms with Gasteiger partial charge in [-0.25, -0.2) is 9.97 Å². The molecule has 1 aliphatic rings. The maximum atomic E-state index is 5.45. The molecule has 160 valence electrons. The molecule has 1 fully saturated rings. The van der Waals surface area contributed by atoms with Gasteiger partial charge in [-0.05, 0) is 36.4 Å². The van der Waals surface area contributed by atoms with E-state index in [1.807, 2.05) is 34.7 Å². The number of aromatic nitrogens is 5. The van der Waals surface area contributed by atoms with Crippen molar-refractivity contribution in [2.75, 3.05) is 36.5 Å². The molecule has 0 amide bonds. The third-order valence-electron chi connectivity index (χ3n) is 5.92. The predicted octanol–water partition coefficient (Wildman–Crippen LogP) is 3.86. The number of fused-ring (bicyclic) bond motifs is 2. The van der Waals surface area contributed by atoms with E-state index in [9.17, 15) is 0 Å². The zero-order valence-electron chi connectivity index (χ0n) is 17.8. The number of nitrogens with zero attached hydrogens (tertiary/aromatic N) is 6. The van der Waals surface area contributed by atoms with Crippen molar-refractivity contribution in [3.8, 4) is 11.3 Å². The molecule has 0 atom stereocenters. The lowest BCUT2D eigenvalue weighted by Gasteiger charge is -2.28. The number of anilines is 3. The zero-order valence-corrected chi connectivity index (χ0v) is 17.8. The van der Waals surface area contributed by atoms with Crippen LogP contribution in [0, 0.1) is 0 Å². The Morgan fingerprint density at radius 1 is 1.03 bits per heavy atom. The highest BCUT2D eigenvalue weighted by molar-refractivity contribution is 5.84. The summed E-state index contributed by atoms with van der Waals surface area (Å²) in [5.41, 5.74) is 5.96. The summed E-state index contributed by atoms with van der Waals surface area (Å²) in [6.45, 7) is 3.40. The molecular formula is C24H23N7O. The number of benzene rings is 2. The largest absolute Gasteiger partial charge is 0.378 e. The summed E-state index contributed by atoms with van der Waals surface area (Å²) < 4.78 is 9.33. The van der Waals surface area contributed by atoms with Gasteiger partial charge in [0, 0.05) is 61.1 Å². The summed E-state index contributed by atoms with van der Waals surface area (Å²) in [5, 5.41) is 8.89. The highest BCUT2D eigenvalue weighted by atomic mass is 16.5. The average molecular weight is 425 g/mol. The molecule has 8 nitrogen and oxygen atoms in total. The van der Waals surface area contributed by atoms with E-state index in [2.05, 4.69) is 62.8 Å². The van der Waals surface area contributed by atoms with Crippen LogP contribution in [0.3, 0.4) is 0 Å². The van der Waals surface area contributed by atoms with Gasteiger partial charge in [0.2, 0.25) is 0 Å². The first-order valence-corrected chi connectivity index (χ1v) is 10.7. The monoisotopic (exact) mass is 425 g/mol. The van der Waals surface area contributed by atoms with Gasteiger partial charge in [0.15, 0.2) is 11.5 Å². The Kier molecular flexibility index (Phi) is 4.50. The summed E-state index contributed by atoms with van der Waals surface area (Å²) in [6.07, 6.45) is 7.62. The molecule has 8 heteroatoms. The van der Waals surface area contributed by atoms with Crippen molar-refractivity contribution in [1.29, 1.82) is 0 Å². The van der Waals surface area contributed by atoms with Crippen molar-refractivity contribution < 1.29 is 4.74 Å². The standard InChI is InChI=1S/C24H23N7O/c1-29-22-7-2-17(14-18(22)15-26-29)21-16-31-9-8-25-24(31)23(28-21)27-19-3-5-20(6-4-19)30-10-12-32-13-11-30/h2-9,14-16H,10-13H2,1H3,(H,27,28). The first-order valence-electron chi connectivity index (χ1n) is 10.7. The van der Waals surface area contributed by atoms with Gasteiger partial charge in [-0.15, -0.1) is 0 Å². The molecule has 0 saturated carbocycles. The van der Waals surface area contributed by atoms with Gasteiger partial charge in [0.05, 0.1) is 30.6 Å². The second-order valence-electron chi connectivity index (χ2n) is 7.95. The van der Waals surface area contributed by atoms with E-state index < -0.39 is 0 Å². The van der Waals surface area contributed by atoms with Crippen LogP contribution in [-0.4, -0.2) is 50.5 Å². The Labute approximate surface area is 185 Å². The number of imidazole rings is 1. The van der Waals surface area contributed by atoms with E-state index in [0.29, 0.717) is 0 Å². The first kappa shape index (κ1) is 18.8. The molecule has 0 spiro atoms. The van der Waals surface area contributed by atoms with Crippen LogP contribution in [0.15, 0.2) is 67.3 Å². The number of hydrogen-bond acceptors (Lipinski definition) is 6. The second-order valence-corrected chi connectivity index (χ2v) is 7.95. The molecule has 2 aromatic carbocycles. The minimum absolute atomic E-state index is 0.720. The van der Waals surface area contributed by atoms with Crippen LogP contribution in [0.5, 0.6) is 0 Å². The molecule has 4 heterocycles. The minimum atomic E-state index is 0.720. The average Bonchev–Trinajstić information content (AvgIpc) is 3.47. The van der Waals surface area contributed by atoms with Gasteiger partial charge in [-0.1, -0.05) is 6.07 Å². The number of rotatable bonds is 4. The molecule has 1 N–H and O–H groups in total. The van der Waals surface area contributed by atoms with E-state index in [1.54, 1.807) is 6.20 Å². The number of ether oxygens (including phenoxy) is 1. The number of aryl methyl sites for hydroxylation is 1. The lowest BCUT2D eigenvalue weighted by molar-refractivity contribution is 0.122. The SMILES string of the molecule is Cn1ncc2cc(-c3cn4ccnc4c(Nc4ccc(N5CCOCC5)cc4)n3)ccc21. The molecule has 32 heavy (non-hydrogen) atoms. The minimum Gasteiger partial charge on any atom is -0.378 e. The fraction of sp³-hybridized carbons (Fsp3) is 0.208. The predicted molar refractivity (Wildman–Crippen MR) is 125 cm³/mol. The highest BCUT2D eigenvalue weighted by Gasteiger charge is 2.13. The summed E-state index contributed by atoms with van der Waals surface area (Å²) in [5.74, 6) is 0.720. The Hall–Kier alpha value is -3.91. The van der Waals surface area contributed by atoms with E-state index in [-0.39, 0.29) is 0 Å². The van der Waals surface area contributed by atoms with Gasteiger partial charge in [-0.2, -0.15) is 5.10 Å². The van der Waals surface area contributed by atoms with E-state index >= 15 is 0 Å². The van der Waals surface area contributed by atoms with Crippen LogP contribution in [0.4, 0.5) is 17.2 Å². The number of morpholine rings is 1. The fourth-order valence-corrected chi connectivity index (χ4v) is 4.19. The van der Waals surface area contributed by atoms with Crippen molar-refractivity contribution in [1.82, 2.24) is 24.1 Å². The fourth-order valence-electron chi connectivity index (χ4n) is 4.19. The second kappa shape index (κ2) is 7.65. The van der Waals surface area contributed by atoms with E-state index in [0.717, 1.165) is 65.6 Å². The van der Waals surface area contributed by atoms with Crippen LogP contribution in [-0.2, 0) is 11.8 Å². The molecule has 5 aromatic rings. The number of hydrogen-bond donors (Lipinski definition) is 1. The van der Waals surface area contributed by atoms with Crippen molar-refractivity contribution in [3.63, 3.8) is 0 Å². The lowest BCUT2D eigenvalue weighted by Crippen LogP contribution is -2.36. The number of nitrogens with one attached hydrogen (secondary N) is 1. The maximum Gasteiger partial charge on any atom is 0.180 e. The van der Waals surface area contributed by atoms with Crippen molar-refractivity contribution >= 4 is 33.7 Å². The van der Waals surface area contributed by atoms with Crippen molar-refractivity contribution in [2.24, 2.45) is 7.05 Å². The quantitative estimate of drug-likeness (QED) is 0.471. The van der Waals surface area contributed by atoms with Crippen molar-refractivity contribution in [2.45, 2.75) is 0 Å². The third-order valence-corrected chi connectivity index (χ3v) is 5.92. The molecule has 6 rings (SSSR count). The molecule has 0 bridgehead atoms. The smallest absolute Gasteiger partial charge is 0.180 e. The van der Waals surface area contributed by atoms with Crippen LogP contribution in [0.2, 0.25) is 0 Å². The maximum absolute atomic E-state index is 5.45. The molecule has 0 radical (unpaired) electrons. The molecular weight excluding hydrogens is 402 g/mol. The molecule has 1 aliphatic heterocycles. The summed E-state index contributed by atoms with van der Waals surface area (Å²) in [6, 6.07) is 14.7. The third kappa shape index (κ3) is 3.34. The molecule has 1 saturated heterocycles. The summed E-state index contributed by atoms with van der Waals surface area (Å²) in [4.78, 5) is 11.8. The van der Waals surface area contributed by atoms with E-state index in [4.69, 9.17) is 9.72 Å². The Morgan fingerprint density at radius 3 is 2.72 bits per heavy atom. The Balaban J connectivity index is 1.34. The summed E-state index contributed by atoms with van der Waals surface area (Å²) >= 11 is 0. The first-order chi connectivity index (χ1) is 15.7. The topological polar surface area (TPSA) is 72.5 Å². The normalized spacial score (nSPS) is 14.3. The van der Waals surface area contributed by atoms with Crippen LogP contribution in [0.25, 0.3) is 27.8 Å². The van der Waals surface area contributed by atoms with Gasteiger partial charge in [-0.3, -0.25) is 4.68 Å². The Bertz CT molecular complexity index is 1400. The molecule has 0 unspecified atom stereocenters. The lowest BCUT2D eigenvalue weighted by atomic mass is 10.1. The van der Waals surface area contributed by atoms with Crippen LogP contribution >= 0.6 is 0 Å². The zero-order chi connectivity index (χ0) is 21.5. The van der Waals surface area contributed by atoms with Gasteiger partial charge in [0.25, 0.3) is 0 Å². The summed E-state index contributed by atoms with van der Waals surface area (Å²) in [7, 11) is 1.95. The van der Waals surface area contributed by atoms with Gasteiger partial charge in [0.1, 0.15) is 0 Å². The van der Waals surface area contributed by atoms with E-state index in [1.165, 1.54) is 5.69 Å². The van der Waals surface area contributed by atoms with Gasteiger partial charge < -0.3 is 19.4 Å². The molecule has 0 aliphatic carbocycles. The Morgan fingerprint density at radius 2 is 1.88 bits per heavy atom. The highest BCUT2D eigenvalue weighted by Crippen LogP contribution is 2.28. The van der Waals surface area contributed by atoms with Gasteiger partial charge >= 0.3 is 0 Å². The molecule has 3 aromatic heterocycles.